The second kappa shape index (κ2) is 7.83. The number of carboxylic acids is 1. The molecule has 2 aromatic carbocycles. The molecule has 24 heavy (non-hydrogen) atoms. The van der Waals surface area contributed by atoms with Gasteiger partial charge in [0.2, 0.25) is 0 Å². The van der Waals surface area contributed by atoms with Crippen LogP contribution in [0.15, 0.2) is 40.9 Å². The summed E-state index contributed by atoms with van der Waals surface area (Å²) >= 11 is 3.40. The van der Waals surface area contributed by atoms with Crippen molar-refractivity contribution in [2.75, 3.05) is 11.9 Å². The van der Waals surface area contributed by atoms with Gasteiger partial charge in [-0.1, -0.05) is 15.9 Å². The molecule has 0 atom stereocenters. The molecule has 6 nitrogen and oxygen atoms in total. The lowest BCUT2D eigenvalue weighted by Gasteiger charge is -2.14. The molecule has 0 bridgehead atoms. The van der Waals surface area contributed by atoms with Crippen molar-refractivity contribution >= 4 is 33.5 Å². The number of benzene rings is 2. The summed E-state index contributed by atoms with van der Waals surface area (Å²) in [5.74, 6) is -0.944. The fourth-order valence-corrected chi connectivity index (χ4v) is 2.57. The van der Waals surface area contributed by atoms with Gasteiger partial charge in [0.25, 0.3) is 5.91 Å². The van der Waals surface area contributed by atoms with Crippen LogP contribution in [0, 0.1) is 6.92 Å². The summed E-state index contributed by atoms with van der Waals surface area (Å²) in [7, 11) is 0. The first-order valence-electron chi connectivity index (χ1n) is 7.14. The molecule has 0 aliphatic rings. The third-order valence-electron chi connectivity index (χ3n) is 3.34. The predicted octanol–water partition coefficient (Wildman–Crippen LogP) is 2.93. The molecule has 0 aliphatic heterocycles. The zero-order valence-corrected chi connectivity index (χ0v) is 14.6. The van der Waals surface area contributed by atoms with Crippen LogP contribution in [0.2, 0.25) is 0 Å². The Balaban J connectivity index is 2.15. The Hall–Kier alpha value is -2.54. The van der Waals surface area contributed by atoms with Crippen LogP contribution < -0.4 is 15.8 Å². The topological polar surface area (TPSA) is 102 Å². The number of rotatable bonds is 7. The highest BCUT2D eigenvalue weighted by molar-refractivity contribution is 9.10. The normalized spacial score (nSPS) is 10.2. The van der Waals surface area contributed by atoms with Crippen molar-refractivity contribution in [2.45, 2.75) is 13.5 Å². The molecule has 1 amide bonds. The van der Waals surface area contributed by atoms with E-state index in [1.165, 1.54) is 0 Å². The van der Waals surface area contributed by atoms with Crippen LogP contribution in [-0.4, -0.2) is 23.6 Å². The minimum Gasteiger partial charge on any atom is -0.483 e. The number of primary amides is 1. The van der Waals surface area contributed by atoms with Crippen molar-refractivity contribution in [3.8, 4) is 5.75 Å². The molecule has 126 valence electrons. The number of aryl methyl sites for hydroxylation is 1. The number of carbonyl (C=O) groups excluding carboxylic acids is 1. The maximum Gasteiger partial charge on any atom is 0.335 e. The minimum atomic E-state index is -0.959. The average Bonchev–Trinajstić information content (AvgIpc) is 2.52. The lowest BCUT2D eigenvalue weighted by molar-refractivity contribution is -0.119. The van der Waals surface area contributed by atoms with Crippen molar-refractivity contribution in [1.82, 2.24) is 0 Å². The Bertz CT molecular complexity index is 777. The number of halogens is 1. The molecular weight excluding hydrogens is 376 g/mol. The summed E-state index contributed by atoms with van der Waals surface area (Å²) in [4.78, 5) is 21.9. The zero-order valence-electron chi connectivity index (χ0n) is 13.0. The largest absolute Gasteiger partial charge is 0.483 e. The van der Waals surface area contributed by atoms with E-state index in [1.807, 2.05) is 19.1 Å². The van der Waals surface area contributed by atoms with E-state index in [-0.39, 0.29) is 12.2 Å². The number of nitrogens with one attached hydrogen (secondary N) is 1. The molecule has 0 fully saturated rings. The molecule has 7 heteroatoms. The summed E-state index contributed by atoms with van der Waals surface area (Å²) in [6.45, 7) is 2.09. The standard InChI is InChI=1S/C17H17BrN2O4/c1-10-6-11(17(22)23)2-4-14(10)20-8-12-7-13(18)3-5-15(12)24-9-16(19)21/h2-7,20H,8-9H2,1H3,(H2,19,21)(H,22,23). The molecule has 0 saturated carbocycles. The number of ether oxygens (including phenoxy) is 1. The fraction of sp³-hybridized carbons (Fsp3) is 0.176. The van der Waals surface area contributed by atoms with Crippen LogP contribution in [-0.2, 0) is 11.3 Å². The highest BCUT2D eigenvalue weighted by Gasteiger charge is 2.09. The Morgan fingerprint density at radius 2 is 2.00 bits per heavy atom. The Kier molecular flexibility index (Phi) is 5.81. The van der Waals surface area contributed by atoms with Gasteiger partial charge in [0.05, 0.1) is 5.56 Å². The molecule has 0 unspecified atom stereocenters. The molecule has 0 spiro atoms. The van der Waals surface area contributed by atoms with Gasteiger partial charge in [-0.2, -0.15) is 0 Å². The number of anilines is 1. The van der Waals surface area contributed by atoms with E-state index in [0.717, 1.165) is 21.3 Å². The van der Waals surface area contributed by atoms with Crippen molar-refractivity contribution < 1.29 is 19.4 Å². The fourth-order valence-electron chi connectivity index (χ4n) is 2.16. The summed E-state index contributed by atoms with van der Waals surface area (Å²) in [5, 5.41) is 12.2. The number of hydrogen-bond acceptors (Lipinski definition) is 4. The number of amides is 1. The summed E-state index contributed by atoms with van der Waals surface area (Å²) in [5.41, 5.74) is 7.83. The summed E-state index contributed by atoms with van der Waals surface area (Å²) in [6, 6.07) is 10.3. The van der Waals surface area contributed by atoms with Crippen molar-refractivity contribution in [1.29, 1.82) is 0 Å². The molecule has 2 aromatic rings. The molecular formula is C17H17BrN2O4. The maximum absolute atomic E-state index is 11.0. The number of aromatic carboxylic acids is 1. The van der Waals surface area contributed by atoms with Crippen molar-refractivity contribution in [2.24, 2.45) is 5.73 Å². The van der Waals surface area contributed by atoms with E-state index in [1.54, 1.807) is 24.3 Å². The van der Waals surface area contributed by atoms with Crippen LogP contribution in [0.25, 0.3) is 0 Å². The molecule has 2 rings (SSSR count). The van der Waals surface area contributed by atoms with E-state index in [0.29, 0.717) is 12.3 Å². The second-order valence-electron chi connectivity index (χ2n) is 5.20. The lowest BCUT2D eigenvalue weighted by Crippen LogP contribution is -2.20. The zero-order chi connectivity index (χ0) is 17.7. The molecule has 0 saturated heterocycles. The third-order valence-corrected chi connectivity index (χ3v) is 3.83. The van der Waals surface area contributed by atoms with Crippen LogP contribution in [0.1, 0.15) is 21.5 Å². The van der Waals surface area contributed by atoms with Gasteiger partial charge in [0.15, 0.2) is 6.61 Å². The Labute approximate surface area is 147 Å². The van der Waals surface area contributed by atoms with Gasteiger partial charge in [-0.05, 0) is 48.9 Å². The first-order valence-corrected chi connectivity index (χ1v) is 7.93. The summed E-state index contributed by atoms with van der Waals surface area (Å²) < 4.78 is 6.29. The SMILES string of the molecule is Cc1cc(C(=O)O)ccc1NCc1cc(Br)ccc1OCC(N)=O. The molecule has 0 aliphatic carbocycles. The van der Waals surface area contributed by atoms with E-state index < -0.39 is 11.9 Å². The molecule has 4 N–H and O–H groups in total. The quantitative estimate of drug-likeness (QED) is 0.672. The molecule has 0 heterocycles. The smallest absolute Gasteiger partial charge is 0.335 e. The first kappa shape index (κ1) is 17.8. The molecule has 0 radical (unpaired) electrons. The van der Waals surface area contributed by atoms with Gasteiger partial charge in [-0.25, -0.2) is 4.79 Å². The van der Waals surface area contributed by atoms with Gasteiger partial charge >= 0.3 is 5.97 Å². The van der Waals surface area contributed by atoms with Crippen LogP contribution >= 0.6 is 15.9 Å². The third kappa shape index (κ3) is 4.73. The lowest BCUT2D eigenvalue weighted by atomic mass is 10.1. The number of nitrogens with two attached hydrogens (primary N) is 1. The van der Waals surface area contributed by atoms with Gasteiger partial charge in [-0.15, -0.1) is 0 Å². The van der Waals surface area contributed by atoms with Crippen LogP contribution in [0.5, 0.6) is 5.75 Å². The van der Waals surface area contributed by atoms with Gasteiger partial charge in [0, 0.05) is 22.3 Å². The van der Waals surface area contributed by atoms with E-state index in [2.05, 4.69) is 21.2 Å². The first-order chi connectivity index (χ1) is 11.4. The average molecular weight is 393 g/mol. The van der Waals surface area contributed by atoms with Gasteiger partial charge in [0.1, 0.15) is 5.75 Å². The van der Waals surface area contributed by atoms with Gasteiger partial charge < -0.3 is 20.9 Å². The number of hydrogen-bond donors (Lipinski definition) is 3. The Morgan fingerprint density at radius 1 is 1.25 bits per heavy atom. The van der Waals surface area contributed by atoms with Crippen LogP contribution in [0.4, 0.5) is 5.69 Å². The number of carbonyl (C=O) groups is 2. The monoisotopic (exact) mass is 392 g/mol. The minimum absolute atomic E-state index is 0.193. The summed E-state index contributed by atoms with van der Waals surface area (Å²) in [6.07, 6.45) is 0. The van der Waals surface area contributed by atoms with Crippen molar-refractivity contribution in [3.63, 3.8) is 0 Å². The van der Waals surface area contributed by atoms with E-state index in [4.69, 9.17) is 15.6 Å². The van der Waals surface area contributed by atoms with Crippen molar-refractivity contribution in [3.05, 3.63) is 57.6 Å². The second-order valence-corrected chi connectivity index (χ2v) is 6.11. The highest BCUT2D eigenvalue weighted by Crippen LogP contribution is 2.25. The van der Waals surface area contributed by atoms with E-state index >= 15 is 0 Å². The van der Waals surface area contributed by atoms with Crippen LogP contribution in [0.3, 0.4) is 0 Å². The highest BCUT2D eigenvalue weighted by atomic mass is 79.9. The van der Waals surface area contributed by atoms with Gasteiger partial charge in [-0.3, -0.25) is 4.79 Å². The Morgan fingerprint density at radius 3 is 2.62 bits per heavy atom. The number of carboxylic acid groups (broad SMARTS) is 1. The predicted molar refractivity (Wildman–Crippen MR) is 94.3 cm³/mol. The molecule has 0 aromatic heterocycles. The van der Waals surface area contributed by atoms with E-state index in [9.17, 15) is 9.59 Å². The maximum atomic E-state index is 11.0.